The second kappa shape index (κ2) is 12.8. The van der Waals surface area contributed by atoms with Crippen molar-refractivity contribution in [3.63, 3.8) is 0 Å². The van der Waals surface area contributed by atoms with Crippen LogP contribution in [0.4, 0.5) is 9.93 Å². The fourth-order valence-electron chi connectivity index (χ4n) is 4.60. The van der Waals surface area contributed by atoms with Crippen LogP contribution in [-0.2, 0) is 9.53 Å². The first-order chi connectivity index (χ1) is 19.1. The Bertz CT molecular complexity index is 1400. The lowest BCUT2D eigenvalue weighted by atomic mass is 9.87. The second-order valence-electron chi connectivity index (χ2n) is 9.43. The molecule has 3 N–H and O–H groups in total. The number of aryl methyl sites for hydroxylation is 2. The fraction of sp³-hybridized carbons (Fsp3) is 0.423. The number of benzene rings is 1. The number of quaternary nitrogens is 1. The highest BCUT2D eigenvalue weighted by molar-refractivity contribution is 7.17. The standard InChI is InChI=1S/C26H30N6O7S/c1-4-38-24(35)21-14(2)27-25(40-21)30-20(33)13-19(16-8-10-32(11-9-16)26(36)37)29-23(34)18-7-5-6-17(12-18)22-28-15(3)39-31-22/h5-7,12,16,19H,4,8-11,13H2,1-3H3,(H,29,34)(H,36,37)(H,27,30,33). The van der Waals surface area contributed by atoms with Crippen LogP contribution in [-0.4, -0.2) is 64.7 Å². The van der Waals surface area contributed by atoms with Gasteiger partial charge < -0.3 is 29.8 Å². The molecule has 0 aliphatic carbocycles. The van der Waals surface area contributed by atoms with Gasteiger partial charge in [-0.2, -0.15) is 4.98 Å². The maximum absolute atomic E-state index is 13.3. The topological polar surface area (TPSA) is 181 Å². The van der Waals surface area contributed by atoms with Gasteiger partial charge in [0.25, 0.3) is 12.0 Å². The molecule has 40 heavy (non-hydrogen) atoms. The summed E-state index contributed by atoms with van der Waals surface area (Å²) in [5, 5.41) is 21.1. The van der Waals surface area contributed by atoms with E-state index in [-0.39, 0.29) is 24.1 Å². The first kappa shape index (κ1) is 28.8. The average molecular weight is 571 g/mol. The van der Waals surface area contributed by atoms with Gasteiger partial charge in [0.2, 0.25) is 17.6 Å². The Morgan fingerprint density at radius 1 is 1.20 bits per heavy atom. The number of likely N-dealkylation sites (tertiary alicyclic amines) is 1. The van der Waals surface area contributed by atoms with E-state index >= 15 is 0 Å². The zero-order valence-corrected chi connectivity index (χ0v) is 23.1. The summed E-state index contributed by atoms with van der Waals surface area (Å²) in [6.45, 7) is 5.88. The molecule has 1 aliphatic heterocycles. The predicted octanol–water partition coefficient (Wildman–Crippen LogP) is 0.752. The number of carbonyl (C=O) groups excluding carboxylic acids is 4. The van der Waals surface area contributed by atoms with Crippen LogP contribution in [0, 0.1) is 19.8 Å². The Balaban J connectivity index is 1.49. The number of esters is 1. The third-order valence-electron chi connectivity index (χ3n) is 6.63. The van der Waals surface area contributed by atoms with Gasteiger partial charge in [0.05, 0.1) is 25.4 Å². The highest BCUT2D eigenvalue weighted by atomic mass is 32.1. The molecule has 0 radical (unpaired) electrons. The molecule has 212 valence electrons. The Hall–Kier alpha value is -4.17. The molecule has 0 saturated carbocycles. The summed E-state index contributed by atoms with van der Waals surface area (Å²) in [7, 11) is 0. The van der Waals surface area contributed by atoms with Crippen molar-refractivity contribution in [1.82, 2.24) is 20.4 Å². The molecular formula is C26H30N6O7S. The van der Waals surface area contributed by atoms with Crippen LogP contribution in [0.25, 0.3) is 11.4 Å². The summed E-state index contributed by atoms with van der Waals surface area (Å²) >= 11 is 1.01. The van der Waals surface area contributed by atoms with E-state index in [2.05, 4.69) is 25.8 Å². The average Bonchev–Trinajstić information content (AvgIpc) is 3.53. The highest BCUT2D eigenvalue weighted by Gasteiger charge is 2.32. The minimum absolute atomic E-state index is 0.0752. The molecule has 1 unspecified atom stereocenters. The molecule has 1 saturated heterocycles. The number of hydrogen-bond acceptors (Lipinski definition) is 11. The van der Waals surface area contributed by atoms with Crippen molar-refractivity contribution in [2.75, 3.05) is 25.0 Å². The first-order valence-corrected chi connectivity index (χ1v) is 13.7. The van der Waals surface area contributed by atoms with Crippen LogP contribution >= 0.6 is 11.3 Å². The number of amides is 3. The van der Waals surface area contributed by atoms with Crippen LogP contribution < -0.4 is 20.6 Å². The van der Waals surface area contributed by atoms with Gasteiger partial charge in [0.15, 0.2) is 5.13 Å². The van der Waals surface area contributed by atoms with Gasteiger partial charge in [-0.3, -0.25) is 14.5 Å². The third kappa shape index (κ3) is 7.07. The molecule has 3 amide bonds. The molecule has 13 nitrogen and oxygen atoms in total. The number of thiazole rings is 1. The summed E-state index contributed by atoms with van der Waals surface area (Å²) in [6, 6.07) is 6.14. The molecular weight excluding hydrogens is 540 g/mol. The van der Waals surface area contributed by atoms with Gasteiger partial charge in [0.1, 0.15) is 4.88 Å². The van der Waals surface area contributed by atoms with Gasteiger partial charge in [-0.25, -0.2) is 9.78 Å². The monoisotopic (exact) mass is 570 g/mol. The molecule has 4 rings (SSSR count). The van der Waals surface area contributed by atoms with E-state index < -0.39 is 29.9 Å². The summed E-state index contributed by atoms with van der Waals surface area (Å²) in [4.78, 5) is 58.9. The maximum atomic E-state index is 13.3. The van der Waals surface area contributed by atoms with Crippen molar-refractivity contribution in [3.05, 3.63) is 46.3 Å². The molecule has 0 bridgehead atoms. The Kier molecular flexibility index (Phi) is 9.22. The van der Waals surface area contributed by atoms with Crippen LogP contribution in [0.5, 0.6) is 0 Å². The van der Waals surface area contributed by atoms with Gasteiger partial charge in [0, 0.05) is 43.4 Å². The number of carbonyl (C=O) groups is 4. The quantitative estimate of drug-likeness (QED) is 0.311. The molecule has 1 atom stereocenters. The van der Waals surface area contributed by atoms with Crippen molar-refractivity contribution < 1.29 is 38.4 Å². The van der Waals surface area contributed by atoms with Crippen molar-refractivity contribution in [3.8, 4) is 11.4 Å². The SMILES string of the molecule is CCOC(=O)c1sc(NC(=O)CC(NC(=O)c2cccc(-c3noc(C)n3)c2)C2CC[NH+](C(=O)[O-])CC2)nc1C. The zero-order valence-electron chi connectivity index (χ0n) is 22.3. The van der Waals surface area contributed by atoms with Crippen LogP contribution in [0.3, 0.4) is 0 Å². The van der Waals surface area contributed by atoms with E-state index in [1.807, 2.05) is 0 Å². The van der Waals surface area contributed by atoms with E-state index in [0.717, 1.165) is 11.3 Å². The summed E-state index contributed by atoms with van der Waals surface area (Å²) in [5.41, 5.74) is 1.39. The number of hydrogen-bond donors (Lipinski definition) is 3. The molecule has 3 heterocycles. The number of nitrogens with zero attached hydrogens (tertiary/aromatic N) is 3. The minimum Gasteiger partial charge on any atom is -0.498 e. The van der Waals surface area contributed by atoms with Crippen molar-refractivity contribution in [2.45, 2.75) is 46.1 Å². The summed E-state index contributed by atoms with van der Waals surface area (Å²) in [5.74, 6) is -0.714. The number of ether oxygens (including phenoxy) is 1. The van der Waals surface area contributed by atoms with Crippen molar-refractivity contribution in [1.29, 1.82) is 0 Å². The molecule has 0 spiro atoms. The lowest BCUT2D eigenvalue weighted by Crippen LogP contribution is -3.17. The second-order valence-corrected chi connectivity index (χ2v) is 10.4. The van der Waals surface area contributed by atoms with E-state index in [4.69, 9.17) is 9.26 Å². The largest absolute Gasteiger partial charge is 0.498 e. The molecule has 1 fully saturated rings. The van der Waals surface area contributed by atoms with Gasteiger partial charge in [-0.05, 0) is 31.9 Å². The van der Waals surface area contributed by atoms with E-state index in [0.29, 0.717) is 64.2 Å². The van der Waals surface area contributed by atoms with Crippen molar-refractivity contribution in [2.24, 2.45) is 5.92 Å². The smallest absolute Gasteiger partial charge is 0.350 e. The lowest BCUT2D eigenvalue weighted by molar-refractivity contribution is -0.851. The minimum atomic E-state index is -1.16. The third-order valence-corrected chi connectivity index (χ3v) is 7.68. The Morgan fingerprint density at radius 3 is 2.60 bits per heavy atom. The van der Waals surface area contributed by atoms with Gasteiger partial charge >= 0.3 is 5.97 Å². The number of aromatic nitrogens is 3. The van der Waals surface area contributed by atoms with Crippen LogP contribution in [0.15, 0.2) is 28.8 Å². The van der Waals surface area contributed by atoms with Crippen LogP contribution in [0.1, 0.15) is 57.8 Å². The molecule has 1 aliphatic rings. The number of carboxylic acid groups (broad SMARTS) is 1. The maximum Gasteiger partial charge on any atom is 0.350 e. The summed E-state index contributed by atoms with van der Waals surface area (Å²) in [6.07, 6.45) is -0.282. The Morgan fingerprint density at radius 2 is 1.95 bits per heavy atom. The van der Waals surface area contributed by atoms with E-state index in [1.54, 1.807) is 45.0 Å². The van der Waals surface area contributed by atoms with E-state index in [1.165, 1.54) is 0 Å². The number of nitrogens with one attached hydrogen (secondary N) is 3. The molecule has 14 heteroatoms. The van der Waals surface area contributed by atoms with E-state index in [9.17, 15) is 24.3 Å². The number of piperidine rings is 1. The fourth-order valence-corrected chi connectivity index (χ4v) is 5.48. The first-order valence-electron chi connectivity index (χ1n) is 12.9. The highest BCUT2D eigenvalue weighted by Crippen LogP contribution is 2.25. The lowest BCUT2D eigenvalue weighted by Gasteiger charge is -2.33. The number of anilines is 1. The molecule has 3 aromatic rings. The van der Waals surface area contributed by atoms with Gasteiger partial charge in [-0.1, -0.05) is 28.6 Å². The van der Waals surface area contributed by atoms with Gasteiger partial charge in [-0.15, -0.1) is 0 Å². The summed E-state index contributed by atoms with van der Waals surface area (Å²) < 4.78 is 10.1. The van der Waals surface area contributed by atoms with Crippen LogP contribution in [0.2, 0.25) is 0 Å². The number of rotatable bonds is 9. The normalized spacial score (nSPS) is 17.6. The van der Waals surface area contributed by atoms with Crippen molar-refractivity contribution >= 4 is 40.3 Å². The molecule has 2 aromatic heterocycles. The zero-order chi connectivity index (χ0) is 28.8. The predicted molar refractivity (Wildman–Crippen MR) is 141 cm³/mol. The Labute approximate surface area is 233 Å². The molecule has 1 aromatic carbocycles.